The third-order valence-corrected chi connectivity index (χ3v) is 10.7. The summed E-state index contributed by atoms with van der Waals surface area (Å²) < 4.78 is 0. The third-order valence-electron chi connectivity index (χ3n) is 10.7. The van der Waals surface area contributed by atoms with E-state index in [1.165, 1.54) is 83.4 Å². The number of unbranched alkanes of at least 4 members (excludes halogenated alkanes) is 1. The average molecular weight is 397 g/mol. The highest BCUT2D eigenvalue weighted by molar-refractivity contribution is 6.08. The molecular formula is C28H49B. The summed E-state index contributed by atoms with van der Waals surface area (Å²) in [7, 11) is 2.38. The number of allylic oxidation sites excluding steroid dienone is 2. The Morgan fingerprint density at radius 3 is 2.59 bits per heavy atom. The van der Waals surface area contributed by atoms with Crippen LogP contribution >= 0.6 is 0 Å². The quantitative estimate of drug-likeness (QED) is 0.234. The smallest absolute Gasteiger partial charge is 0.0845 e. The molecule has 0 spiro atoms. The molecule has 7 atom stereocenters. The molecular weight excluding hydrogens is 347 g/mol. The molecule has 29 heavy (non-hydrogen) atoms. The van der Waals surface area contributed by atoms with Crippen molar-refractivity contribution in [2.45, 2.75) is 117 Å². The van der Waals surface area contributed by atoms with Gasteiger partial charge in [-0.25, -0.2) is 0 Å². The zero-order valence-electron chi connectivity index (χ0n) is 20.4. The molecule has 0 radical (unpaired) electrons. The van der Waals surface area contributed by atoms with Gasteiger partial charge in [-0.3, -0.25) is 0 Å². The largest absolute Gasteiger partial charge is 0.101 e. The first-order valence-corrected chi connectivity index (χ1v) is 13.6. The molecule has 0 bridgehead atoms. The highest BCUT2D eigenvalue weighted by Gasteiger charge is 2.58. The maximum atomic E-state index is 2.78. The normalized spacial score (nSPS) is 44.2. The van der Waals surface area contributed by atoms with Gasteiger partial charge in [0.2, 0.25) is 0 Å². The lowest BCUT2D eigenvalue weighted by Gasteiger charge is -2.58. The summed E-state index contributed by atoms with van der Waals surface area (Å²) in [5, 5.41) is 0. The van der Waals surface area contributed by atoms with Gasteiger partial charge in [-0.2, -0.15) is 0 Å². The van der Waals surface area contributed by atoms with Crippen LogP contribution in [0, 0.1) is 46.3 Å². The molecule has 0 aliphatic heterocycles. The lowest BCUT2D eigenvalue weighted by atomic mass is 9.46. The number of hydrogen-bond donors (Lipinski definition) is 0. The van der Waals surface area contributed by atoms with Crippen LogP contribution in [0.1, 0.15) is 111 Å². The minimum Gasteiger partial charge on any atom is -0.0845 e. The summed E-state index contributed by atoms with van der Waals surface area (Å²) >= 11 is 0. The molecule has 0 aromatic heterocycles. The van der Waals surface area contributed by atoms with Crippen molar-refractivity contribution in [3.05, 3.63) is 11.6 Å². The molecule has 0 aromatic rings. The Balaban J connectivity index is 1.44. The summed E-state index contributed by atoms with van der Waals surface area (Å²) in [6, 6.07) is 0. The first-order valence-electron chi connectivity index (χ1n) is 13.6. The molecule has 4 rings (SSSR count). The van der Waals surface area contributed by atoms with E-state index in [2.05, 4.69) is 41.6 Å². The molecule has 0 aromatic carbocycles. The van der Waals surface area contributed by atoms with Crippen LogP contribution in [0.2, 0.25) is 6.32 Å². The Hall–Kier alpha value is -0.195. The first kappa shape index (κ1) is 22.0. The van der Waals surface area contributed by atoms with Crippen LogP contribution in [0.15, 0.2) is 11.6 Å². The summed E-state index contributed by atoms with van der Waals surface area (Å²) in [5.41, 5.74) is 3.12. The molecule has 4 aliphatic rings. The van der Waals surface area contributed by atoms with E-state index in [9.17, 15) is 0 Å². The number of hydrogen-bond acceptors (Lipinski definition) is 0. The molecule has 0 nitrogen and oxygen atoms in total. The standard InChI is InChI=1S/C28H49B/c1-20(2)7-5-6-8-22-10-12-25-24-11-9-23-19-21(15-18-29)13-16-28(23,4)26(24)14-17-27(22,25)3/h9,20-22,24-26H,5-8,10-19,29H2,1-4H3. The van der Waals surface area contributed by atoms with E-state index in [4.69, 9.17) is 0 Å². The van der Waals surface area contributed by atoms with Crippen LogP contribution in [-0.2, 0) is 0 Å². The second-order valence-electron chi connectivity index (χ2n) is 12.7. The van der Waals surface area contributed by atoms with Crippen molar-refractivity contribution in [2.75, 3.05) is 0 Å². The molecule has 7 unspecified atom stereocenters. The van der Waals surface area contributed by atoms with Gasteiger partial charge in [0.05, 0.1) is 0 Å². The summed E-state index contributed by atoms with van der Waals surface area (Å²) in [6.45, 7) is 10.2. The van der Waals surface area contributed by atoms with Gasteiger partial charge >= 0.3 is 0 Å². The third kappa shape index (κ3) is 4.03. The van der Waals surface area contributed by atoms with E-state index < -0.39 is 0 Å². The predicted molar refractivity (Wildman–Crippen MR) is 130 cm³/mol. The molecule has 0 saturated heterocycles. The van der Waals surface area contributed by atoms with Crippen molar-refractivity contribution >= 4 is 7.85 Å². The van der Waals surface area contributed by atoms with Crippen molar-refractivity contribution in [1.29, 1.82) is 0 Å². The predicted octanol–water partition coefficient (Wildman–Crippen LogP) is 7.84. The van der Waals surface area contributed by atoms with E-state index in [0.29, 0.717) is 10.8 Å². The number of fused-ring (bicyclic) bond motifs is 5. The van der Waals surface area contributed by atoms with Gasteiger partial charge in [0, 0.05) is 0 Å². The van der Waals surface area contributed by atoms with E-state index in [1.54, 1.807) is 6.42 Å². The molecule has 0 N–H and O–H groups in total. The first-order chi connectivity index (χ1) is 13.9. The maximum absolute atomic E-state index is 2.78. The molecule has 0 heterocycles. The zero-order chi connectivity index (χ0) is 20.6. The maximum Gasteiger partial charge on any atom is 0.101 e. The zero-order valence-corrected chi connectivity index (χ0v) is 20.4. The van der Waals surface area contributed by atoms with Gasteiger partial charge in [-0.05, 0) is 104 Å². The van der Waals surface area contributed by atoms with Gasteiger partial charge in [0.1, 0.15) is 7.85 Å². The number of rotatable bonds is 7. The van der Waals surface area contributed by atoms with Gasteiger partial charge in [0.25, 0.3) is 0 Å². The van der Waals surface area contributed by atoms with Gasteiger partial charge in [0.15, 0.2) is 0 Å². The molecule has 4 aliphatic carbocycles. The molecule has 1 heteroatoms. The summed E-state index contributed by atoms with van der Waals surface area (Å²) in [4.78, 5) is 0. The van der Waals surface area contributed by atoms with Crippen molar-refractivity contribution < 1.29 is 0 Å². The Labute approximate surface area is 183 Å². The fraction of sp³-hybridized carbons (Fsp3) is 0.929. The second-order valence-corrected chi connectivity index (χ2v) is 12.7. The van der Waals surface area contributed by atoms with E-state index in [-0.39, 0.29) is 0 Å². The minimum absolute atomic E-state index is 0.559. The lowest BCUT2D eigenvalue weighted by molar-refractivity contribution is -0.0456. The molecule has 3 saturated carbocycles. The van der Waals surface area contributed by atoms with Crippen molar-refractivity contribution in [3.63, 3.8) is 0 Å². The van der Waals surface area contributed by atoms with Gasteiger partial charge < -0.3 is 0 Å². The Bertz CT molecular complexity index is 591. The molecule has 164 valence electrons. The van der Waals surface area contributed by atoms with Crippen molar-refractivity contribution in [2.24, 2.45) is 46.3 Å². The Morgan fingerprint density at radius 1 is 1.00 bits per heavy atom. The van der Waals surface area contributed by atoms with Gasteiger partial charge in [-0.1, -0.05) is 71.3 Å². The van der Waals surface area contributed by atoms with Crippen molar-refractivity contribution in [1.82, 2.24) is 0 Å². The van der Waals surface area contributed by atoms with E-state index >= 15 is 0 Å². The van der Waals surface area contributed by atoms with Crippen LogP contribution < -0.4 is 0 Å². The Kier molecular flexibility index (Phi) is 6.64. The average Bonchev–Trinajstić information content (AvgIpc) is 3.02. The fourth-order valence-corrected chi connectivity index (χ4v) is 8.92. The van der Waals surface area contributed by atoms with Crippen LogP contribution in [0.3, 0.4) is 0 Å². The van der Waals surface area contributed by atoms with E-state index in [0.717, 1.165) is 35.5 Å². The second kappa shape index (κ2) is 8.74. The monoisotopic (exact) mass is 396 g/mol. The molecule has 3 fully saturated rings. The molecule has 0 amide bonds. The van der Waals surface area contributed by atoms with E-state index in [1.807, 2.05) is 5.57 Å². The topological polar surface area (TPSA) is 0 Å². The van der Waals surface area contributed by atoms with Crippen LogP contribution in [0.5, 0.6) is 0 Å². The van der Waals surface area contributed by atoms with Gasteiger partial charge in [-0.15, -0.1) is 0 Å². The Morgan fingerprint density at radius 2 is 1.83 bits per heavy atom. The highest BCUT2D eigenvalue weighted by atomic mass is 14.6. The highest BCUT2D eigenvalue weighted by Crippen LogP contribution is 2.67. The SMILES string of the molecule is BCCC1CCC2(C)C(=CCC3C2CCC2(C)C(CCCCC(C)C)CCC32)C1. The fourth-order valence-electron chi connectivity index (χ4n) is 8.92. The van der Waals surface area contributed by atoms with Crippen LogP contribution in [-0.4, -0.2) is 7.85 Å². The van der Waals surface area contributed by atoms with Crippen molar-refractivity contribution in [3.8, 4) is 0 Å². The summed E-state index contributed by atoms with van der Waals surface area (Å²) in [5.74, 6) is 5.94. The minimum atomic E-state index is 0.559. The summed E-state index contributed by atoms with van der Waals surface area (Å²) in [6.07, 6.45) is 23.5. The van der Waals surface area contributed by atoms with Crippen LogP contribution in [0.4, 0.5) is 0 Å². The lowest BCUT2D eigenvalue weighted by Crippen LogP contribution is -2.50. The van der Waals surface area contributed by atoms with Crippen LogP contribution in [0.25, 0.3) is 0 Å².